The quantitative estimate of drug-likeness (QED) is 0.826. The van der Waals surface area contributed by atoms with E-state index in [2.05, 4.69) is 15.9 Å². The Kier molecular flexibility index (Phi) is 3.10. The summed E-state index contributed by atoms with van der Waals surface area (Å²) < 4.78 is 0.731. The van der Waals surface area contributed by atoms with Crippen LogP contribution in [0.2, 0.25) is 5.02 Å². The minimum atomic E-state index is 0.279. The van der Waals surface area contributed by atoms with Gasteiger partial charge >= 0.3 is 0 Å². The molecule has 0 aliphatic rings. The monoisotopic (exact) mass is 244 g/mol. The number of nitrogens with two attached hydrogens (primary N) is 1. The molecule has 0 aliphatic heterocycles. The zero-order valence-corrected chi connectivity index (χ0v) is 8.48. The van der Waals surface area contributed by atoms with Crippen LogP contribution in [-0.4, -0.2) is 0 Å². The Morgan fingerprint density at radius 3 is 2.67 bits per heavy atom. The number of nitrogens with zero attached hydrogens (tertiary/aromatic N) is 1. The molecule has 1 aromatic carbocycles. The molecule has 0 heterocycles. The molecule has 0 aromatic heterocycles. The standard InChI is InChI=1S/C8H6BrClN2/c9-7-1-2-8(10)6(4-12)5(7)3-11/h1-2H,4,12H2. The van der Waals surface area contributed by atoms with Gasteiger partial charge in [-0.15, -0.1) is 0 Å². The summed E-state index contributed by atoms with van der Waals surface area (Å²) in [5.74, 6) is 0. The maximum Gasteiger partial charge on any atom is 0.101 e. The molecular formula is C8H6BrClN2. The minimum Gasteiger partial charge on any atom is -0.326 e. The summed E-state index contributed by atoms with van der Waals surface area (Å²) in [4.78, 5) is 0. The highest BCUT2D eigenvalue weighted by Crippen LogP contribution is 2.26. The Bertz CT molecular complexity index is 344. The van der Waals surface area contributed by atoms with Crippen molar-refractivity contribution < 1.29 is 0 Å². The number of rotatable bonds is 1. The van der Waals surface area contributed by atoms with E-state index in [9.17, 15) is 0 Å². The molecule has 62 valence electrons. The van der Waals surface area contributed by atoms with Crippen molar-refractivity contribution in [3.8, 4) is 6.07 Å². The normalized spacial score (nSPS) is 9.50. The molecule has 0 bridgehead atoms. The first-order chi connectivity index (χ1) is 5.70. The topological polar surface area (TPSA) is 49.8 Å². The van der Waals surface area contributed by atoms with Crippen LogP contribution in [-0.2, 0) is 6.54 Å². The molecule has 0 spiro atoms. The second kappa shape index (κ2) is 3.90. The van der Waals surface area contributed by atoms with Crippen molar-refractivity contribution in [2.75, 3.05) is 0 Å². The number of halogens is 2. The average Bonchev–Trinajstić information content (AvgIpc) is 2.08. The van der Waals surface area contributed by atoms with Gasteiger partial charge in [-0.1, -0.05) is 11.6 Å². The lowest BCUT2D eigenvalue weighted by Gasteiger charge is -2.04. The molecule has 0 saturated carbocycles. The van der Waals surface area contributed by atoms with E-state index >= 15 is 0 Å². The van der Waals surface area contributed by atoms with Crippen molar-refractivity contribution in [2.24, 2.45) is 5.73 Å². The predicted octanol–water partition coefficient (Wildman–Crippen LogP) is 2.43. The largest absolute Gasteiger partial charge is 0.326 e. The van der Waals surface area contributed by atoms with Gasteiger partial charge in [0.1, 0.15) is 6.07 Å². The third-order valence-electron chi connectivity index (χ3n) is 1.52. The van der Waals surface area contributed by atoms with Crippen molar-refractivity contribution in [2.45, 2.75) is 6.54 Å². The highest BCUT2D eigenvalue weighted by molar-refractivity contribution is 9.10. The van der Waals surface area contributed by atoms with Crippen molar-refractivity contribution in [1.29, 1.82) is 5.26 Å². The fraction of sp³-hybridized carbons (Fsp3) is 0.125. The van der Waals surface area contributed by atoms with Crippen LogP contribution in [0.3, 0.4) is 0 Å². The molecule has 0 amide bonds. The Morgan fingerprint density at radius 1 is 1.58 bits per heavy atom. The zero-order chi connectivity index (χ0) is 9.14. The molecule has 0 radical (unpaired) electrons. The van der Waals surface area contributed by atoms with Gasteiger partial charge in [-0.3, -0.25) is 0 Å². The lowest BCUT2D eigenvalue weighted by molar-refractivity contribution is 1.06. The highest BCUT2D eigenvalue weighted by atomic mass is 79.9. The first-order valence-corrected chi connectivity index (χ1v) is 4.45. The Labute approximate surface area is 84.1 Å². The number of benzene rings is 1. The van der Waals surface area contributed by atoms with E-state index in [1.807, 2.05) is 6.07 Å². The first kappa shape index (κ1) is 9.53. The summed E-state index contributed by atoms with van der Waals surface area (Å²) >= 11 is 9.07. The van der Waals surface area contributed by atoms with E-state index in [0.717, 1.165) is 4.47 Å². The van der Waals surface area contributed by atoms with Crippen LogP contribution < -0.4 is 5.73 Å². The van der Waals surface area contributed by atoms with Gasteiger partial charge in [-0.05, 0) is 28.1 Å². The highest BCUT2D eigenvalue weighted by Gasteiger charge is 2.08. The van der Waals surface area contributed by atoms with Gasteiger partial charge < -0.3 is 5.73 Å². The summed E-state index contributed by atoms with van der Waals surface area (Å²) in [5, 5.41) is 9.30. The molecule has 4 heteroatoms. The summed E-state index contributed by atoms with van der Waals surface area (Å²) in [7, 11) is 0. The number of nitriles is 1. The maximum atomic E-state index is 8.76. The summed E-state index contributed by atoms with van der Waals surface area (Å²) in [6.07, 6.45) is 0. The number of hydrogen-bond donors (Lipinski definition) is 1. The Hall–Kier alpha value is -0.560. The van der Waals surface area contributed by atoms with E-state index in [-0.39, 0.29) is 6.54 Å². The van der Waals surface area contributed by atoms with Crippen molar-refractivity contribution in [3.63, 3.8) is 0 Å². The van der Waals surface area contributed by atoms with Gasteiger partial charge in [-0.25, -0.2) is 0 Å². The van der Waals surface area contributed by atoms with Crippen LogP contribution >= 0.6 is 27.5 Å². The molecule has 0 atom stereocenters. The van der Waals surface area contributed by atoms with Crippen LogP contribution in [0.1, 0.15) is 11.1 Å². The molecule has 12 heavy (non-hydrogen) atoms. The fourth-order valence-corrected chi connectivity index (χ4v) is 1.61. The molecule has 1 aromatic rings. The minimum absolute atomic E-state index is 0.279. The molecular weight excluding hydrogens is 239 g/mol. The van der Waals surface area contributed by atoms with E-state index in [1.54, 1.807) is 12.1 Å². The average molecular weight is 246 g/mol. The third kappa shape index (κ3) is 1.61. The number of hydrogen-bond acceptors (Lipinski definition) is 2. The molecule has 2 N–H and O–H groups in total. The van der Waals surface area contributed by atoms with Crippen molar-refractivity contribution >= 4 is 27.5 Å². The van der Waals surface area contributed by atoms with Crippen LogP contribution in [0.15, 0.2) is 16.6 Å². The molecule has 2 nitrogen and oxygen atoms in total. The van der Waals surface area contributed by atoms with Crippen LogP contribution in [0.4, 0.5) is 0 Å². The Balaban J connectivity index is 3.41. The second-order valence-electron chi connectivity index (χ2n) is 2.20. The summed E-state index contributed by atoms with van der Waals surface area (Å²) in [6.45, 7) is 0.279. The van der Waals surface area contributed by atoms with Crippen LogP contribution in [0, 0.1) is 11.3 Å². The predicted molar refractivity (Wildman–Crippen MR) is 51.8 cm³/mol. The third-order valence-corrected chi connectivity index (χ3v) is 2.54. The van der Waals surface area contributed by atoms with E-state index in [4.69, 9.17) is 22.6 Å². The fourth-order valence-electron chi connectivity index (χ4n) is 0.914. The van der Waals surface area contributed by atoms with E-state index < -0.39 is 0 Å². The van der Waals surface area contributed by atoms with Gasteiger partial charge in [0, 0.05) is 21.6 Å². The van der Waals surface area contributed by atoms with Gasteiger partial charge in [0.25, 0.3) is 0 Å². The lowest BCUT2D eigenvalue weighted by Crippen LogP contribution is -2.01. The van der Waals surface area contributed by atoms with Gasteiger partial charge in [0.05, 0.1) is 5.56 Å². The smallest absolute Gasteiger partial charge is 0.101 e. The summed E-state index contributed by atoms with van der Waals surface area (Å²) in [5.41, 5.74) is 6.65. The van der Waals surface area contributed by atoms with Gasteiger partial charge in [-0.2, -0.15) is 5.26 Å². The molecule has 0 saturated heterocycles. The first-order valence-electron chi connectivity index (χ1n) is 3.27. The van der Waals surface area contributed by atoms with Gasteiger partial charge in [0.2, 0.25) is 0 Å². The van der Waals surface area contributed by atoms with Gasteiger partial charge in [0.15, 0.2) is 0 Å². The SMILES string of the molecule is N#Cc1c(Br)ccc(Cl)c1CN. The van der Waals surface area contributed by atoms with Crippen LogP contribution in [0.5, 0.6) is 0 Å². The Morgan fingerprint density at radius 2 is 2.25 bits per heavy atom. The van der Waals surface area contributed by atoms with E-state index in [0.29, 0.717) is 16.1 Å². The molecule has 1 rings (SSSR count). The van der Waals surface area contributed by atoms with Crippen LogP contribution in [0.25, 0.3) is 0 Å². The molecule has 0 aliphatic carbocycles. The van der Waals surface area contributed by atoms with E-state index in [1.165, 1.54) is 0 Å². The maximum absolute atomic E-state index is 8.76. The molecule has 0 fully saturated rings. The lowest BCUT2D eigenvalue weighted by atomic mass is 10.1. The second-order valence-corrected chi connectivity index (χ2v) is 3.46. The van der Waals surface area contributed by atoms with Crippen molar-refractivity contribution in [3.05, 3.63) is 32.8 Å². The zero-order valence-electron chi connectivity index (χ0n) is 6.14. The summed E-state index contributed by atoms with van der Waals surface area (Å²) in [6, 6.07) is 5.50. The van der Waals surface area contributed by atoms with Crippen molar-refractivity contribution in [1.82, 2.24) is 0 Å². The molecule has 0 unspecified atom stereocenters.